The number of nitrogens with one attached hydrogen (secondary N) is 1. The predicted octanol–water partition coefficient (Wildman–Crippen LogP) is 4.47. The zero-order valence-electron chi connectivity index (χ0n) is 17.9. The van der Waals surface area contributed by atoms with Gasteiger partial charge in [-0.15, -0.1) is 11.3 Å². The molecule has 1 aliphatic carbocycles. The molecule has 0 amide bonds. The van der Waals surface area contributed by atoms with Gasteiger partial charge in [-0.1, -0.05) is 29.3 Å². The zero-order chi connectivity index (χ0) is 24.3. The molecule has 1 aromatic carbocycles. The van der Waals surface area contributed by atoms with E-state index >= 15 is 0 Å². The highest BCUT2D eigenvalue weighted by atomic mass is 35.5. The quantitative estimate of drug-likeness (QED) is 0.383. The summed E-state index contributed by atoms with van der Waals surface area (Å²) < 4.78 is 26.8. The van der Waals surface area contributed by atoms with Crippen molar-refractivity contribution < 1.29 is 17.4 Å². The number of carbonyl (C=O) groups excluding carboxylic acids is 1. The molecule has 2 atom stereocenters. The fourth-order valence-corrected chi connectivity index (χ4v) is 5.53. The normalized spacial score (nSPS) is 18.2. The third-order valence-electron chi connectivity index (χ3n) is 5.58. The zero-order valence-corrected chi connectivity index (χ0v) is 21.1. The highest BCUT2D eigenvalue weighted by Gasteiger charge is 2.28. The summed E-state index contributed by atoms with van der Waals surface area (Å²) in [4.78, 5) is 22.1. The van der Waals surface area contributed by atoms with E-state index in [-0.39, 0.29) is 24.3 Å². The summed E-state index contributed by atoms with van der Waals surface area (Å²) >= 11 is 13.5. The van der Waals surface area contributed by atoms with Crippen LogP contribution in [0.5, 0.6) is 0 Å². The Balaban J connectivity index is 1.42. The van der Waals surface area contributed by atoms with Gasteiger partial charge in [0.25, 0.3) is 0 Å². The van der Waals surface area contributed by atoms with E-state index in [1.54, 1.807) is 6.07 Å². The molecule has 2 heterocycles. The average molecular weight is 541 g/mol. The van der Waals surface area contributed by atoms with Gasteiger partial charge in [-0.25, -0.2) is 15.1 Å². The minimum absolute atomic E-state index is 0.0316. The van der Waals surface area contributed by atoms with Crippen LogP contribution in [0.1, 0.15) is 45.6 Å². The first-order valence-electron chi connectivity index (χ1n) is 10.5. The van der Waals surface area contributed by atoms with E-state index < -0.39 is 10.3 Å². The minimum Gasteiger partial charge on any atom is -0.367 e. The second-order valence-corrected chi connectivity index (χ2v) is 11.1. The Kier molecular flexibility index (Phi) is 7.86. The van der Waals surface area contributed by atoms with Crippen LogP contribution < -0.4 is 10.5 Å². The lowest BCUT2D eigenvalue weighted by Crippen LogP contribution is -2.22. The number of thiophene rings is 1. The molecule has 8 nitrogen and oxygen atoms in total. The number of nitrogens with two attached hydrogens (primary N) is 1. The molecule has 0 bridgehead atoms. The van der Waals surface area contributed by atoms with Crippen molar-refractivity contribution in [1.82, 2.24) is 9.97 Å². The van der Waals surface area contributed by atoms with E-state index in [4.69, 9.17) is 32.5 Å². The standard InChI is InChI=1S/C22H22Cl2N4O4S2/c23-18-4-2-13(7-19(18)24)5-15-8-20(33-11-15)21(29)17-9-26-12-27-22(17)28-16-3-1-14(6-16)10-32-34(25,30)31/h2,4,7-9,11-12,14,16H,1,3,5-6,10H2,(H2,25,30,31)(H,26,27,28)/t14?,16-/m0/s1. The molecule has 3 aromatic rings. The lowest BCUT2D eigenvalue weighted by molar-refractivity contribution is 0.104. The van der Waals surface area contributed by atoms with E-state index in [0.29, 0.717) is 39.1 Å². The Morgan fingerprint density at radius 1 is 1.21 bits per heavy atom. The molecule has 0 radical (unpaired) electrons. The van der Waals surface area contributed by atoms with Gasteiger partial charge in [0.05, 0.1) is 27.1 Å². The number of carbonyl (C=O) groups is 1. The molecule has 12 heteroatoms. The van der Waals surface area contributed by atoms with Gasteiger partial charge >= 0.3 is 10.3 Å². The first-order valence-corrected chi connectivity index (χ1v) is 13.6. The number of rotatable bonds is 9. The smallest absolute Gasteiger partial charge is 0.333 e. The highest BCUT2D eigenvalue weighted by Crippen LogP contribution is 2.30. The van der Waals surface area contributed by atoms with Crippen molar-refractivity contribution in [2.75, 3.05) is 11.9 Å². The molecule has 1 unspecified atom stereocenters. The largest absolute Gasteiger partial charge is 0.367 e. The number of benzene rings is 1. The summed E-state index contributed by atoms with van der Waals surface area (Å²) in [7, 11) is -3.96. The van der Waals surface area contributed by atoms with Crippen molar-refractivity contribution in [2.24, 2.45) is 11.1 Å². The third kappa shape index (κ3) is 6.53. The predicted molar refractivity (Wildman–Crippen MR) is 133 cm³/mol. The molecule has 1 saturated carbocycles. The van der Waals surface area contributed by atoms with Crippen LogP contribution in [-0.2, 0) is 20.9 Å². The van der Waals surface area contributed by atoms with Crippen molar-refractivity contribution in [3.8, 4) is 0 Å². The molecule has 2 aromatic heterocycles. The molecule has 0 aliphatic heterocycles. The summed E-state index contributed by atoms with van der Waals surface area (Å²) in [6.07, 6.45) is 5.78. The molecule has 1 aliphatic rings. The fourth-order valence-electron chi connectivity index (χ4n) is 3.96. The number of anilines is 1. The van der Waals surface area contributed by atoms with Crippen molar-refractivity contribution >= 4 is 56.4 Å². The van der Waals surface area contributed by atoms with Gasteiger partial charge in [-0.2, -0.15) is 8.42 Å². The average Bonchev–Trinajstić information content (AvgIpc) is 3.44. The molecular weight excluding hydrogens is 519 g/mol. The van der Waals surface area contributed by atoms with Crippen LogP contribution in [0.2, 0.25) is 10.0 Å². The van der Waals surface area contributed by atoms with Gasteiger partial charge < -0.3 is 5.32 Å². The lowest BCUT2D eigenvalue weighted by Gasteiger charge is -2.15. The van der Waals surface area contributed by atoms with Crippen molar-refractivity contribution in [1.29, 1.82) is 0 Å². The molecule has 1 fully saturated rings. The molecule has 4 rings (SSSR count). The number of hydrogen-bond donors (Lipinski definition) is 2. The Hall–Kier alpha value is -2.08. The van der Waals surface area contributed by atoms with E-state index in [2.05, 4.69) is 15.3 Å². The van der Waals surface area contributed by atoms with Gasteiger partial charge in [0, 0.05) is 12.2 Å². The summed E-state index contributed by atoms with van der Waals surface area (Å²) in [5, 5.41) is 11.2. The maximum absolute atomic E-state index is 13.2. The number of aromatic nitrogens is 2. The summed E-state index contributed by atoms with van der Waals surface area (Å²) in [6, 6.07) is 7.38. The van der Waals surface area contributed by atoms with Crippen molar-refractivity contribution in [3.05, 3.63) is 73.8 Å². The Labute approximate surface area is 211 Å². The van der Waals surface area contributed by atoms with Gasteiger partial charge in [0.15, 0.2) is 0 Å². The maximum Gasteiger partial charge on any atom is 0.333 e. The van der Waals surface area contributed by atoms with E-state index in [9.17, 15) is 13.2 Å². The fraction of sp³-hybridized carbons (Fsp3) is 0.318. The van der Waals surface area contributed by atoms with E-state index in [1.807, 2.05) is 23.6 Å². The topological polar surface area (TPSA) is 124 Å². The molecule has 3 N–H and O–H groups in total. The van der Waals surface area contributed by atoms with Gasteiger partial charge in [0.1, 0.15) is 12.1 Å². The summed E-state index contributed by atoms with van der Waals surface area (Å²) in [5.74, 6) is 0.344. The van der Waals surface area contributed by atoms with Crippen molar-refractivity contribution in [3.63, 3.8) is 0 Å². The van der Waals surface area contributed by atoms with E-state index in [0.717, 1.165) is 24.0 Å². The highest BCUT2D eigenvalue weighted by molar-refractivity contribution is 7.84. The number of ketones is 1. The number of halogens is 2. The van der Waals surface area contributed by atoms with Crippen LogP contribution in [0.3, 0.4) is 0 Å². The lowest BCUT2D eigenvalue weighted by atomic mass is 10.1. The Morgan fingerprint density at radius 2 is 2.03 bits per heavy atom. The Bertz CT molecular complexity index is 1300. The first-order chi connectivity index (χ1) is 16.2. The number of nitrogens with zero attached hydrogens (tertiary/aromatic N) is 2. The van der Waals surface area contributed by atoms with Crippen molar-refractivity contribution in [2.45, 2.75) is 31.7 Å². The molecule has 34 heavy (non-hydrogen) atoms. The van der Waals surface area contributed by atoms with E-state index in [1.165, 1.54) is 23.9 Å². The van der Waals surface area contributed by atoms with Gasteiger partial charge in [-0.3, -0.25) is 8.98 Å². The molecular formula is C22H22Cl2N4O4S2. The molecule has 0 saturated heterocycles. The second kappa shape index (κ2) is 10.7. The van der Waals surface area contributed by atoms with Gasteiger partial charge in [0.2, 0.25) is 5.78 Å². The molecule has 0 spiro atoms. The third-order valence-corrected chi connectivity index (χ3v) is 7.76. The summed E-state index contributed by atoms with van der Waals surface area (Å²) in [6.45, 7) is 0.0450. The van der Waals surface area contributed by atoms with Crippen LogP contribution >= 0.6 is 34.5 Å². The maximum atomic E-state index is 13.2. The Morgan fingerprint density at radius 3 is 2.79 bits per heavy atom. The number of hydrogen-bond acceptors (Lipinski definition) is 8. The summed E-state index contributed by atoms with van der Waals surface area (Å²) in [5.41, 5.74) is 2.38. The first kappa shape index (κ1) is 25.0. The second-order valence-electron chi connectivity index (χ2n) is 8.16. The van der Waals surface area contributed by atoms with Crippen LogP contribution in [0.25, 0.3) is 0 Å². The van der Waals surface area contributed by atoms with Crippen LogP contribution in [0.15, 0.2) is 42.2 Å². The van der Waals surface area contributed by atoms with Crippen LogP contribution in [0.4, 0.5) is 5.82 Å². The SMILES string of the molecule is NS(=O)(=O)OCC1CC[C@H](Nc2ncncc2C(=O)c2cc(Cc3ccc(Cl)c(Cl)c3)cs2)C1. The monoisotopic (exact) mass is 540 g/mol. The minimum atomic E-state index is -3.96. The van der Waals surface area contributed by atoms with Crippen LogP contribution in [0, 0.1) is 5.92 Å². The molecule has 180 valence electrons. The van der Waals surface area contributed by atoms with Crippen LogP contribution in [-0.4, -0.2) is 36.8 Å². The van der Waals surface area contributed by atoms with Gasteiger partial charge in [-0.05, 0) is 66.3 Å².